The third kappa shape index (κ3) is 1.67. The summed E-state index contributed by atoms with van der Waals surface area (Å²) in [4.78, 5) is 0. The second kappa shape index (κ2) is 4.12. The Bertz CT molecular complexity index is 469. The molecule has 1 unspecified atom stereocenters. The van der Waals surface area contributed by atoms with Crippen LogP contribution in [0.2, 0.25) is 0 Å². The van der Waals surface area contributed by atoms with E-state index in [1.807, 2.05) is 13.0 Å². The van der Waals surface area contributed by atoms with E-state index in [0.29, 0.717) is 24.5 Å². The molecule has 1 saturated carbocycles. The van der Waals surface area contributed by atoms with Gasteiger partial charge in [-0.05, 0) is 37.5 Å². The van der Waals surface area contributed by atoms with Gasteiger partial charge in [-0.2, -0.15) is 0 Å². The van der Waals surface area contributed by atoms with Crippen molar-refractivity contribution in [3.63, 3.8) is 0 Å². The van der Waals surface area contributed by atoms with Gasteiger partial charge in [-0.15, -0.1) is 0 Å². The summed E-state index contributed by atoms with van der Waals surface area (Å²) in [6.07, 6.45) is 2.08. The summed E-state index contributed by atoms with van der Waals surface area (Å²) in [5.41, 5.74) is 7.72. The highest BCUT2D eigenvalue weighted by Crippen LogP contribution is 2.55. The Hall–Kier alpha value is -1.29. The molecule has 2 aliphatic rings. The van der Waals surface area contributed by atoms with E-state index in [1.165, 1.54) is 0 Å². The van der Waals surface area contributed by atoms with Gasteiger partial charge in [0.1, 0.15) is 19.9 Å². The van der Waals surface area contributed by atoms with Crippen LogP contribution in [0, 0.1) is 0 Å². The fourth-order valence-corrected chi connectivity index (χ4v) is 2.76. The molecule has 0 radical (unpaired) electrons. The summed E-state index contributed by atoms with van der Waals surface area (Å²) < 4.78 is 24.3. The third-order valence-corrected chi connectivity index (χ3v) is 4.05. The molecule has 1 aliphatic carbocycles. The number of rotatable bonds is 3. The number of halogens is 1. The van der Waals surface area contributed by atoms with Crippen molar-refractivity contribution in [2.24, 2.45) is 5.73 Å². The number of ether oxygens (including phenoxy) is 2. The van der Waals surface area contributed by atoms with Gasteiger partial charge in [0.25, 0.3) is 0 Å². The van der Waals surface area contributed by atoms with Crippen LogP contribution in [0.1, 0.15) is 30.9 Å². The molecule has 3 rings (SSSR count). The average molecular weight is 251 g/mol. The summed E-state index contributed by atoms with van der Waals surface area (Å²) in [5, 5.41) is 0. The van der Waals surface area contributed by atoms with E-state index in [9.17, 15) is 4.39 Å². The number of alkyl halides is 1. The maximum Gasteiger partial charge on any atom is 0.165 e. The maximum absolute atomic E-state index is 13.0. The molecule has 3 nitrogen and oxygen atoms in total. The molecule has 1 aliphatic heterocycles. The lowest BCUT2D eigenvalue weighted by molar-refractivity contribution is 0.168. The van der Waals surface area contributed by atoms with E-state index >= 15 is 0 Å². The van der Waals surface area contributed by atoms with Gasteiger partial charge >= 0.3 is 0 Å². The minimum Gasteiger partial charge on any atom is -0.486 e. The lowest BCUT2D eigenvalue weighted by Crippen LogP contribution is -2.32. The minimum atomic E-state index is -0.487. The summed E-state index contributed by atoms with van der Waals surface area (Å²) in [5.74, 6) is 1.44. The number of nitrogens with two attached hydrogens (primary N) is 1. The molecule has 1 aromatic carbocycles. The molecule has 0 bridgehead atoms. The van der Waals surface area contributed by atoms with Crippen molar-refractivity contribution in [1.82, 2.24) is 0 Å². The van der Waals surface area contributed by atoms with Crippen LogP contribution in [0.4, 0.5) is 4.39 Å². The summed E-state index contributed by atoms with van der Waals surface area (Å²) in [6.45, 7) is 2.58. The first kappa shape index (κ1) is 11.8. The van der Waals surface area contributed by atoms with E-state index < -0.39 is 6.67 Å². The van der Waals surface area contributed by atoms with Crippen molar-refractivity contribution in [3.05, 3.63) is 23.3 Å². The van der Waals surface area contributed by atoms with Crippen LogP contribution < -0.4 is 15.2 Å². The van der Waals surface area contributed by atoms with Crippen molar-refractivity contribution in [1.29, 1.82) is 0 Å². The lowest BCUT2D eigenvalue weighted by Gasteiger charge is -2.28. The van der Waals surface area contributed by atoms with Crippen molar-refractivity contribution in [3.8, 4) is 11.5 Å². The second-order valence-electron chi connectivity index (χ2n) is 5.25. The van der Waals surface area contributed by atoms with E-state index in [0.717, 1.165) is 24.2 Å². The maximum atomic E-state index is 13.0. The Labute approximate surface area is 106 Å². The van der Waals surface area contributed by atoms with Gasteiger partial charge in [0.15, 0.2) is 11.5 Å². The molecule has 0 amide bonds. The molecule has 0 spiro atoms. The highest BCUT2D eigenvalue weighted by molar-refractivity contribution is 5.55. The van der Waals surface area contributed by atoms with E-state index in [2.05, 4.69) is 0 Å². The zero-order valence-electron chi connectivity index (χ0n) is 10.5. The number of hydrogen-bond donors (Lipinski definition) is 1. The summed E-state index contributed by atoms with van der Waals surface area (Å²) >= 11 is 0. The lowest BCUT2D eigenvalue weighted by atomic mass is 9.87. The van der Waals surface area contributed by atoms with Crippen molar-refractivity contribution in [2.45, 2.75) is 37.9 Å². The molecular weight excluding hydrogens is 233 g/mol. The summed E-state index contributed by atoms with van der Waals surface area (Å²) in [7, 11) is 0. The smallest absolute Gasteiger partial charge is 0.165 e. The zero-order chi connectivity index (χ0) is 12.8. The van der Waals surface area contributed by atoms with Crippen LogP contribution in [0.15, 0.2) is 12.1 Å². The highest BCUT2D eigenvalue weighted by atomic mass is 19.1. The topological polar surface area (TPSA) is 44.5 Å². The Morgan fingerprint density at radius 3 is 2.67 bits per heavy atom. The molecule has 1 heterocycles. The first-order chi connectivity index (χ1) is 8.67. The monoisotopic (exact) mass is 251 g/mol. The molecular formula is C14H18FNO2. The molecule has 1 aromatic rings. The van der Waals surface area contributed by atoms with E-state index in [1.54, 1.807) is 6.07 Å². The largest absolute Gasteiger partial charge is 0.486 e. The number of hydrogen-bond acceptors (Lipinski definition) is 3. The molecule has 1 fully saturated rings. The van der Waals surface area contributed by atoms with Crippen LogP contribution in [-0.2, 0) is 12.1 Å². The Morgan fingerprint density at radius 1 is 1.33 bits per heavy atom. The Kier molecular flexibility index (Phi) is 2.70. The zero-order valence-corrected chi connectivity index (χ0v) is 10.5. The first-order valence-electron chi connectivity index (χ1n) is 6.42. The van der Waals surface area contributed by atoms with Crippen LogP contribution in [-0.4, -0.2) is 19.3 Å². The Balaban J connectivity index is 2.12. The molecule has 1 atom stereocenters. The predicted octanol–water partition coefficient (Wildman–Crippen LogP) is 2.31. The van der Waals surface area contributed by atoms with Gasteiger partial charge in [-0.1, -0.05) is 0 Å². The van der Waals surface area contributed by atoms with Crippen molar-refractivity contribution in [2.75, 3.05) is 13.2 Å². The van der Waals surface area contributed by atoms with Crippen LogP contribution in [0.5, 0.6) is 11.5 Å². The van der Waals surface area contributed by atoms with Gasteiger partial charge in [-0.25, -0.2) is 4.39 Å². The van der Waals surface area contributed by atoms with E-state index in [-0.39, 0.29) is 11.5 Å². The predicted molar refractivity (Wildman–Crippen MR) is 66.8 cm³/mol. The molecule has 2 N–H and O–H groups in total. The second-order valence-corrected chi connectivity index (χ2v) is 5.25. The molecule has 0 aromatic heterocycles. The molecule has 98 valence electrons. The Morgan fingerprint density at radius 2 is 2.06 bits per heavy atom. The fourth-order valence-electron chi connectivity index (χ4n) is 2.76. The van der Waals surface area contributed by atoms with Crippen LogP contribution >= 0.6 is 0 Å². The molecule has 0 saturated heterocycles. The number of benzene rings is 1. The molecule has 4 heteroatoms. The van der Waals surface area contributed by atoms with Gasteiger partial charge in [-0.3, -0.25) is 0 Å². The quantitative estimate of drug-likeness (QED) is 0.896. The van der Waals surface area contributed by atoms with Gasteiger partial charge in [0.05, 0.1) is 0 Å². The normalized spacial score (nSPS) is 21.5. The highest BCUT2D eigenvalue weighted by Gasteiger charge is 2.50. The fraction of sp³-hybridized carbons (Fsp3) is 0.571. The first-order valence-corrected chi connectivity index (χ1v) is 6.42. The summed E-state index contributed by atoms with van der Waals surface area (Å²) in [6, 6.07) is 3.67. The van der Waals surface area contributed by atoms with Gasteiger partial charge in [0.2, 0.25) is 0 Å². The van der Waals surface area contributed by atoms with E-state index in [4.69, 9.17) is 15.2 Å². The molecule has 18 heavy (non-hydrogen) atoms. The third-order valence-electron chi connectivity index (χ3n) is 4.05. The van der Waals surface area contributed by atoms with Crippen LogP contribution in [0.3, 0.4) is 0 Å². The van der Waals surface area contributed by atoms with Crippen molar-refractivity contribution >= 4 is 0 Å². The van der Waals surface area contributed by atoms with Gasteiger partial charge < -0.3 is 15.2 Å². The van der Waals surface area contributed by atoms with Gasteiger partial charge in [0, 0.05) is 17.0 Å². The minimum absolute atomic E-state index is 0.0435. The number of fused-ring (bicyclic) bond motifs is 1. The standard InChI is InChI=1S/C14H18FNO2/c1-9(16)14(2-3-14)11-6-10(8-15)7-12-13(11)18-5-4-17-12/h6-7,9H,2-5,8,16H2,1H3. The SMILES string of the molecule is CC(N)C1(c2cc(CF)cc3c2OCCO3)CC1. The van der Waals surface area contributed by atoms with Crippen molar-refractivity contribution < 1.29 is 13.9 Å². The van der Waals surface area contributed by atoms with Crippen LogP contribution in [0.25, 0.3) is 0 Å². The average Bonchev–Trinajstić information content (AvgIpc) is 3.19.